The molecule has 0 aromatic heterocycles. The van der Waals surface area contributed by atoms with Crippen LogP contribution >= 0.6 is 0 Å². The zero-order valence-electron chi connectivity index (χ0n) is 13.5. The van der Waals surface area contributed by atoms with Crippen molar-refractivity contribution < 1.29 is 23.9 Å². The van der Waals surface area contributed by atoms with Crippen molar-refractivity contribution in [3.05, 3.63) is 29.8 Å². The Bertz CT molecular complexity index is 554. The summed E-state index contributed by atoms with van der Waals surface area (Å²) in [6, 6.07) is 5.48. The summed E-state index contributed by atoms with van der Waals surface area (Å²) in [6.07, 6.45) is 0.484. The zero-order chi connectivity index (χ0) is 17.4. The molecule has 0 saturated heterocycles. The highest BCUT2D eigenvalue weighted by Gasteiger charge is 2.23. The van der Waals surface area contributed by atoms with Crippen molar-refractivity contribution in [3.63, 3.8) is 0 Å². The van der Waals surface area contributed by atoms with E-state index < -0.39 is 17.9 Å². The number of nitrogens with one attached hydrogen (secondary N) is 1. The van der Waals surface area contributed by atoms with Gasteiger partial charge < -0.3 is 20.5 Å². The van der Waals surface area contributed by atoms with Crippen LogP contribution in [0.3, 0.4) is 0 Å². The molecule has 2 amide bonds. The van der Waals surface area contributed by atoms with E-state index in [9.17, 15) is 14.4 Å². The first-order valence-corrected chi connectivity index (χ1v) is 7.23. The lowest BCUT2D eigenvalue weighted by molar-refractivity contribution is -0.143. The molecule has 1 unspecified atom stereocenters. The van der Waals surface area contributed by atoms with Gasteiger partial charge in [-0.1, -0.05) is 13.8 Å². The van der Waals surface area contributed by atoms with E-state index in [-0.39, 0.29) is 18.4 Å². The summed E-state index contributed by atoms with van der Waals surface area (Å²) >= 11 is 0. The molecule has 1 aromatic rings. The van der Waals surface area contributed by atoms with Crippen LogP contribution in [0.25, 0.3) is 0 Å². The van der Waals surface area contributed by atoms with Crippen molar-refractivity contribution in [2.75, 3.05) is 13.7 Å². The normalized spacial score (nSPS) is 11.7. The summed E-state index contributed by atoms with van der Waals surface area (Å²) in [6.45, 7) is 3.67. The lowest BCUT2D eigenvalue weighted by Crippen LogP contribution is -2.42. The number of hydrogen-bond donors (Lipinski definition) is 2. The number of methoxy groups -OCH3 is 1. The van der Waals surface area contributed by atoms with E-state index in [1.165, 1.54) is 19.2 Å². The predicted octanol–water partition coefficient (Wildman–Crippen LogP) is 0.868. The van der Waals surface area contributed by atoms with Gasteiger partial charge in [0.1, 0.15) is 11.8 Å². The van der Waals surface area contributed by atoms with Crippen LogP contribution in [-0.2, 0) is 14.3 Å². The summed E-state index contributed by atoms with van der Waals surface area (Å²) in [5.74, 6) is -0.798. The molecule has 1 rings (SSSR count). The molecule has 0 radical (unpaired) electrons. The Morgan fingerprint density at radius 1 is 1.17 bits per heavy atom. The Kier molecular flexibility index (Phi) is 7.05. The maximum absolute atomic E-state index is 12.2. The third-order valence-corrected chi connectivity index (χ3v) is 3.00. The predicted molar refractivity (Wildman–Crippen MR) is 83.9 cm³/mol. The monoisotopic (exact) mass is 322 g/mol. The standard InChI is InChI=1S/C16H22N2O5/c1-10(2)8-13(16(21)22-3)18-15(20)11-4-6-12(7-5-11)23-9-14(17)19/h4-7,10,13H,8-9H2,1-3H3,(H2,17,19)(H,18,20). The lowest BCUT2D eigenvalue weighted by Gasteiger charge is -2.18. The number of primary amides is 1. The molecule has 0 aliphatic heterocycles. The second-order valence-electron chi connectivity index (χ2n) is 5.46. The molecule has 23 heavy (non-hydrogen) atoms. The third kappa shape index (κ3) is 6.37. The van der Waals surface area contributed by atoms with Crippen LogP contribution < -0.4 is 15.8 Å². The van der Waals surface area contributed by atoms with Crippen molar-refractivity contribution in [1.82, 2.24) is 5.32 Å². The molecule has 126 valence electrons. The summed E-state index contributed by atoms with van der Waals surface area (Å²) < 4.78 is 9.82. The van der Waals surface area contributed by atoms with Gasteiger partial charge in [-0.15, -0.1) is 0 Å². The van der Waals surface area contributed by atoms with Gasteiger partial charge in [0, 0.05) is 5.56 Å². The Morgan fingerprint density at radius 2 is 1.78 bits per heavy atom. The average Bonchev–Trinajstić information content (AvgIpc) is 2.51. The van der Waals surface area contributed by atoms with E-state index in [1.807, 2.05) is 13.8 Å². The molecule has 0 fully saturated rings. The largest absolute Gasteiger partial charge is 0.484 e. The number of hydrogen-bond acceptors (Lipinski definition) is 5. The molecule has 0 spiro atoms. The smallest absolute Gasteiger partial charge is 0.328 e. The number of carbonyl (C=O) groups excluding carboxylic acids is 3. The van der Waals surface area contributed by atoms with Crippen LogP contribution in [-0.4, -0.2) is 37.5 Å². The number of benzene rings is 1. The van der Waals surface area contributed by atoms with Gasteiger partial charge in [-0.05, 0) is 36.6 Å². The highest BCUT2D eigenvalue weighted by molar-refractivity contribution is 5.96. The number of nitrogens with two attached hydrogens (primary N) is 1. The van der Waals surface area contributed by atoms with E-state index in [1.54, 1.807) is 12.1 Å². The molecule has 1 atom stereocenters. The number of esters is 1. The van der Waals surface area contributed by atoms with Gasteiger partial charge in [0.05, 0.1) is 7.11 Å². The Balaban J connectivity index is 2.71. The second kappa shape index (κ2) is 8.77. The van der Waals surface area contributed by atoms with Crippen molar-refractivity contribution in [2.24, 2.45) is 11.7 Å². The molecule has 0 saturated carbocycles. The van der Waals surface area contributed by atoms with Gasteiger partial charge in [-0.25, -0.2) is 4.79 Å². The Labute approximate surface area is 135 Å². The molecule has 7 nitrogen and oxygen atoms in total. The van der Waals surface area contributed by atoms with E-state index >= 15 is 0 Å². The van der Waals surface area contributed by atoms with Crippen LogP contribution in [0, 0.1) is 5.92 Å². The van der Waals surface area contributed by atoms with Crippen LogP contribution in [0.5, 0.6) is 5.75 Å². The molecule has 1 aromatic carbocycles. The first kappa shape index (κ1) is 18.5. The van der Waals surface area contributed by atoms with Gasteiger partial charge in [-0.2, -0.15) is 0 Å². The summed E-state index contributed by atoms with van der Waals surface area (Å²) in [4.78, 5) is 34.6. The minimum atomic E-state index is -0.696. The van der Waals surface area contributed by atoms with Crippen molar-refractivity contribution in [1.29, 1.82) is 0 Å². The molecule has 0 bridgehead atoms. The van der Waals surface area contributed by atoms with E-state index in [0.29, 0.717) is 17.7 Å². The summed E-state index contributed by atoms with van der Waals surface area (Å²) in [7, 11) is 1.28. The third-order valence-electron chi connectivity index (χ3n) is 3.00. The van der Waals surface area contributed by atoms with Gasteiger partial charge in [0.25, 0.3) is 11.8 Å². The number of rotatable bonds is 8. The van der Waals surface area contributed by atoms with E-state index in [4.69, 9.17) is 15.2 Å². The molecular weight excluding hydrogens is 300 g/mol. The molecule has 0 aliphatic rings. The van der Waals surface area contributed by atoms with Gasteiger partial charge in [0.2, 0.25) is 0 Å². The lowest BCUT2D eigenvalue weighted by atomic mass is 10.0. The molecule has 0 heterocycles. The SMILES string of the molecule is COC(=O)C(CC(C)C)NC(=O)c1ccc(OCC(N)=O)cc1. The Hall–Kier alpha value is -2.57. The molecule has 0 aliphatic carbocycles. The quantitative estimate of drug-likeness (QED) is 0.690. The first-order valence-electron chi connectivity index (χ1n) is 7.23. The number of carbonyl (C=O) groups is 3. The maximum Gasteiger partial charge on any atom is 0.328 e. The Morgan fingerprint density at radius 3 is 2.26 bits per heavy atom. The second-order valence-corrected chi connectivity index (χ2v) is 5.46. The van der Waals surface area contributed by atoms with Crippen molar-refractivity contribution in [2.45, 2.75) is 26.3 Å². The van der Waals surface area contributed by atoms with Gasteiger partial charge in [-0.3, -0.25) is 9.59 Å². The fourth-order valence-electron chi connectivity index (χ4n) is 1.93. The summed E-state index contributed by atoms with van der Waals surface area (Å²) in [5, 5.41) is 2.66. The van der Waals surface area contributed by atoms with Crippen LogP contribution in [0.2, 0.25) is 0 Å². The van der Waals surface area contributed by atoms with E-state index in [2.05, 4.69) is 5.32 Å². The number of amides is 2. The van der Waals surface area contributed by atoms with Crippen LogP contribution in [0.4, 0.5) is 0 Å². The van der Waals surface area contributed by atoms with Crippen LogP contribution in [0.1, 0.15) is 30.6 Å². The average molecular weight is 322 g/mol. The fraction of sp³-hybridized carbons (Fsp3) is 0.438. The highest BCUT2D eigenvalue weighted by atomic mass is 16.5. The molecule has 7 heteroatoms. The zero-order valence-corrected chi connectivity index (χ0v) is 13.5. The maximum atomic E-state index is 12.2. The topological polar surface area (TPSA) is 108 Å². The van der Waals surface area contributed by atoms with Gasteiger partial charge in [0.15, 0.2) is 6.61 Å². The van der Waals surface area contributed by atoms with Crippen molar-refractivity contribution in [3.8, 4) is 5.75 Å². The first-order chi connectivity index (χ1) is 10.8. The molecule has 3 N–H and O–H groups in total. The van der Waals surface area contributed by atoms with Crippen molar-refractivity contribution >= 4 is 17.8 Å². The fourth-order valence-corrected chi connectivity index (χ4v) is 1.93. The summed E-state index contributed by atoms with van der Waals surface area (Å²) in [5.41, 5.74) is 5.35. The minimum Gasteiger partial charge on any atom is -0.484 e. The molecular formula is C16H22N2O5. The van der Waals surface area contributed by atoms with Crippen LogP contribution in [0.15, 0.2) is 24.3 Å². The van der Waals surface area contributed by atoms with Gasteiger partial charge >= 0.3 is 5.97 Å². The number of ether oxygens (including phenoxy) is 2. The minimum absolute atomic E-state index is 0.226. The van der Waals surface area contributed by atoms with E-state index in [0.717, 1.165) is 0 Å². The highest BCUT2D eigenvalue weighted by Crippen LogP contribution is 2.13.